The number of ether oxygens (including phenoxy) is 1. The van der Waals surface area contributed by atoms with Crippen LogP contribution in [0.4, 0.5) is 0 Å². The number of nitriles is 1. The number of carbonyl (C=O) groups excluding carboxylic acids is 1. The van der Waals surface area contributed by atoms with Gasteiger partial charge in [0.25, 0.3) is 0 Å². The van der Waals surface area contributed by atoms with Gasteiger partial charge in [-0.25, -0.2) is 0 Å². The van der Waals surface area contributed by atoms with Crippen LogP contribution in [0.3, 0.4) is 0 Å². The van der Waals surface area contributed by atoms with Crippen molar-refractivity contribution in [2.75, 3.05) is 7.11 Å². The highest BCUT2D eigenvalue weighted by atomic mass is 16.5. The first-order chi connectivity index (χ1) is 9.65. The molecule has 1 heterocycles. The first kappa shape index (κ1) is 13.8. The van der Waals surface area contributed by atoms with Gasteiger partial charge in [-0.1, -0.05) is 30.3 Å². The van der Waals surface area contributed by atoms with Gasteiger partial charge < -0.3 is 4.74 Å². The Bertz CT molecular complexity index is 673. The summed E-state index contributed by atoms with van der Waals surface area (Å²) in [5.41, 5.74) is 3.30. The highest BCUT2D eigenvalue weighted by molar-refractivity contribution is 5.76. The number of aromatic nitrogens is 1. The maximum absolute atomic E-state index is 11.5. The van der Waals surface area contributed by atoms with Gasteiger partial charge in [-0.05, 0) is 18.6 Å². The van der Waals surface area contributed by atoms with E-state index in [0.29, 0.717) is 16.8 Å². The smallest absolute Gasteiger partial charge is 0.310 e. The van der Waals surface area contributed by atoms with Gasteiger partial charge in [-0.3, -0.25) is 9.78 Å². The molecule has 0 fully saturated rings. The third-order valence-corrected chi connectivity index (χ3v) is 2.95. The fraction of sp³-hybridized carbons (Fsp3) is 0.188. The number of rotatable bonds is 3. The number of methoxy groups -OCH3 is 1. The van der Waals surface area contributed by atoms with E-state index in [1.165, 1.54) is 7.11 Å². The lowest BCUT2D eigenvalue weighted by atomic mass is 9.99. The van der Waals surface area contributed by atoms with Crippen LogP contribution >= 0.6 is 0 Å². The molecule has 4 heteroatoms. The quantitative estimate of drug-likeness (QED) is 0.801. The van der Waals surface area contributed by atoms with Crippen LogP contribution in [0.25, 0.3) is 11.3 Å². The van der Waals surface area contributed by atoms with Crippen molar-refractivity contribution in [2.45, 2.75) is 13.3 Å². The van der Waals surface area contributed by atoms with Crippen LogP contribution in [-0.4, -0.2) is 18.1 Å². The topological polar surface area (TPSA) is 63.0 Å². The lowest BCUT2D eigenvalue weighted by molar-refractivity contribution is -0.139. The second kappa shape index (κ2) is 5.98. The molecule has 1 aromatic carbocycles. The monoisotopic (exact) mass is 266 g/mol. The molecule has 100 valence electrons. The zero-order chi connectivity index (χ0) is 14.5. The molecule has 0 N–H and O–H groups in total. The summed E-state index contributed by atoms with van der Waals surface area (Å²) in [4.78, 5) is 15.9. The Hall–Kier alpha value is -2.67. The third kappa shape index (κ3) is 2.83. The summed E-state index contributed by atoms with van der Waals surface area (Å²) >= 11 is 0. The number of esters is 1. The van der Waals surface area contributed by atoms with Crippen molar-refractivity contribution < 1.29 is 9.53 Å². The molecule has 0 unspecified atom stereocenters. The first-order valence-electron chi connectivity index (χ1n) is 6.18. The lowest BCUT2D eigenvalue weighted by Crippen LogP contribution is -2.08. The minimum absolute atomic E-state index is 0.0720. The van der Waals surface area contributed by atoms with Crippen LogP contribution in [0.5, 0.6) is 0 Å². The fourth-order valence-corrected chi connectivity index (χ4v) is 2.04. The van der Waals surface area contributed by atoms with Crippen LogP contribution in [0, 0.1) is 18.3 Å². The highest BCUT2D eigenvalue weighted by Crippen LogP contribution is 2.25. The Kier molecular flexibility index (Phi) is 4.11. The summed E-state index contributed by atoms with van der Waals surface area (Å²) in [6.07, 6.45) is 0.0720. The Balaban J connectivity index is 2.58. The molecule has 0 spiro atoms. The van der Waals surface area contributed by atoms with Crippen molar-refractivity contribution in [2.24, 2.45) is 0 Å². The Labute approximate surface area is 117 Å². The van der Waals surface area contributed by atoms with Crippen molar-refractivity contribution in [1.29, 1.82) is 5.26 Å². The zero-order valence-electron chi connectivity index (χ0n) is 11.4. The Morgan fingerprint density at radius 1 is 1.35 bits per heavy atom. The van der Waals surface area contributed by atoms with Gasteiger partial charge in [0.15, 0.2) is 0 Å². The van der Waals surface area contributed by atoms with Crippen molar-refractivity contribution in [1.82, 2.24) is 4.98 Å². The van der Waals surface area contributed by atoms with Crippen LogP contribution in [0.2, 0.25) is 0 Å². The average molecular weight is 266 g/mol. The predicted octanol–water partition coefficient (Wildman–Crippen LogP) is 2.64. The molecule has 0 aliphatic carbocycles. The van der Waals surface area contributed by atoms with E-state index in [-0.39, 0.29) is 12.4 Å². The van der Waals surface area contributed by atoms with E-state index in [0.717, 1.165) is 11.3 Å². The molecule has 2 aromatic rings. The molecular formula is C16H14N2O2. The number of carbonyl (C=O) groups is 1. The first-order valence-corrected chi connectivity index (χ1v) is 6.18. The van der Waals surface area contributed by atoms with Crippen LogP contribution in [0.1, 0.15) is 16.8 Å². The molecule has 2 rings (SSSR count). The van der Waals surface area contributed by atoms with Gasteiger partial charge in [-0.2, -0.15) is 5.26 Å². The van der Waals surface area contributed by atoms with Gasteiger partial charge in [0.1, 0.15) is 6.07 Å². The average Bonchev–Trinajstić information content (AvgIpc) is 2.47. The third-order valence-electron chi connectivity index (χ3n) is 2.95. The number of hydrogen-bond acceptors (Lipinski definition) is 4. The van der Waals surface area contributed by atoms with Gasteiger partial charge in [-0.15, -0.1) is 0 Å². The number of nitrogens with zero attached hydrogens (tertiary/aromatic N) is 2. The van der Waals surface area contributed by atoms with E-state index in [1.807, 2.05) is 37.3 Å². The van der Waals surface area contributed by atoms with Crippen molar-refractivity contribution >= 4 is 5.97 Å². The summed E-state index contributed by atoms with van der Waals surface area (Å²) in [5, 5.41) is 9.39. The van der Waals surface area contributed by atoms with Crippen molar-refractivity contribution in [3.05, 3.63) is 53.2 Å². The molecule has 0 aliphatic rings. The molecule has 0 radical (unpaired) electrons. The fourth-order valence-electron chi connectivity index (χ4n) is 2.04. The van der Waals surface area contributed by atoms with Gasteiger partial charge in [0.2, 0.25) is 0 Å². The van der Waals surface area contributed by atoms with E-state index in [4.69, 9.17) is 0 Å². The molecule has 0 amide bonds. The van der Waals surface area contributed by atoms with E-state index in [2.05, 4.69) is 15.8 Å². The highest BCUT2D eigenvalue weighted by Gasteiger charge is 2.15. The lowest BCUT2D eigenvalue weighted by Gasteiger charge is -2.10. The van der Waals surface area contributed by atoms with E-state index < -0.39 is 0 Å². The molecule has 20 heavy (non-hydrogen) atoms. The van der Waals surface area contributed by atoms with Crippen LogP contribution < -0.4 is 0 Å². The van der Waals surface area contributed by atoms with E-state index in [1.54, 1.807) is 6.07 Å². The minimum Gasteiger partial charge on any atom is -0.469 e. The summed E-state index contributed by atoms with van der Waals surface area (Å²) in [6, 6.07) is 13.4. The number of pyridine rings is 1. The Morgan fingerprint density at radius 2 is 2.05 bits per heavy atom. The summed E-state index contributed by atoms with van der Waals surface area (Å²) in [6.45, 7) is 1.84. The van der Waals surface area contributed by atoms with Crippen molar-refractivity contribution in [3.8, 4) is 17.3 Å². The van der Waals surface area contributed by atoms with Crippen molar-refractivity contribution in [3.63, 3.8) is 0 Å². The summed E-state index contributed by atoms with van der Waals surface area (Å²) in [7, 11) is 1.33. The van der Waals surface area contributed by atoms with Crippen LogP contribution in [-0.2, 0) is 16.0 Å². The minimum atomic E-state index is -0.369. The molecule has 0 saturated heterocycles. The zero-order valence-corrected chi connectivity index (χ0v) is 11.4. The maximum Gasteiger partial charge on any atom is 0.310 e. The molecule has 0 bridgehead atoms. The number of aryl methyl sites for hydroxylation is 1. The molecule has 0 saturated carbocycles. The van der Waals surface area contributed by atoms with Gasteiger partial charge >= 0.3 is 5.97 Å². The SMILES string of the molecule is COC(=O)Cc1cc(C)nc(-c2ccccc2)c1C#N. The second-order valence-electron chi connectivity index (χ2n) is 4.38. The standard InChI is InChI=1S/C16H14N2O2/c1-11-8-13(9-15(19)20-2)14(10-17)16(18-11)12-6-4-3-5-7-12/h3-8H,9H2,1-2H3. The molecule has 1 aromatic heterocycles. The maximum atomic E-state index is 11.5. The molecule has 0 atom stereocenters. The largest absolute Gasteiger partial charge is 0.469 e. The normalized spacial score (nSPS) is 9.85. The Morgan fingerprint density at radius 3 is 2.65 bits per heavy atom. The molecule has 0 aliphatic heterocycles. The molecular weight excluding hydrogens is 252 g/mol. The van der Waals surface area contributed by atoms with Gasteiger partial charge in [0, 0.05) is 11.3 Å². The summed E-state index contributed by atoms with van der Waals surface area (Å²) < 4.78 is 4.67. The van der Waals surface area contributed by atoms with E-state index in [9.17, 15) is 10.1 Å². The molecule has 4 nitrogen and oxygen atoms in total. The second-order valence-corrected chi connectivity index (χ2v) is 4.38. The van der Waals surface area contributed by atoms with Crippen LogP contribution in [0.15, 0.2) is 36.4 Å². The number of benzene rings is 1. The summed E-state index contributed by atoms with van der Waals surface area (Å²) in [5.74, 6) is -0.369. The number of hydrogen-bond donors (Lipinski definition) is 0. The predicted molar refractivity (Wildman–Crippen MR) is 74.8 cm³/mol. The van der Waals surface area contributed by atoms with E-state index >= 15 is 0 Å². The van der Waals surface area contributed by atoms with Gasteiger partial charge in [0.05, 0.1) is 24.8 Å².